The molecule has 0 aromatic heterocycles. The summed E-state index contributed by atoms with van der Waals surface area (Å²) >= 11 is 0. The Morgan fingerprint density at radius 3 is 2.53 bits per heavy atom. The predicted octanol–water partition coefficient (Wildman–Crippen LogP) is 2.30. The Balaban J connectivity index is 2.89. The summed E-state index contributed by atoms with van der Waals surface area (Å²) < 4.78 is 0. The average molecular weight is 204 g/mol. The minimum absolute atomic E-state index is 0.149. The molecule has 0 bridgehead atoms. The second-order valence-electron chi connectivity index (χ2n) is 3.44. The van der Waals surface area contributed by atoms with E-state index in [9.17, 15) is 9.90 Å². The van der Waals surface area contributed by atoms with Crippen LogP contribution in [-0.2, 0) is 4.79 Å². The molecule has 0 saturated heterocycles. The Hall–Kier alpha value is -1.41. The maximum absolute atomic E-state index is 11.4. The number of hydrogen-bond donors (Lipinski definition) is 1. The molecule has 80 valence electrons. The Bertz CT molecular complexity index is 330. The van der Waals surface area contributed by atoms with Gasteiger partial charge in [0.15, 0.2) is 5.78 Å². The van der Waals surface area contributed by atoms with E-state index in [-0.39, 0.29) is 11.7 Å². The van der Waals surface area contributed by atoms with E-state index >= 15 is 0 Å². The molecule has 0 radical (unpaired) electrons. The van der Waals surface area contributed by atoms with Crippen LogP contribution in [0.3, 0.4) is 0 Å². The van der Waals surface area contributed by atoms with Gasteiger partial charge in [0.25, 0.3) is 0 Å². The van der Waals surface area contributed by atoms with Crippen LogP contribution < -0.4 is 0 Å². The number of aliphatic hydroxyl groups excluding tert-OH is 1. The number of rotatable bonds is 5. The number of carbonyl (C=O) groups is 1. The minimum Gasteiger partial charge on any atom is -0.384 e. The molecule has 2 atom stereocenters. The number of benzene rings is 1. The van der Waals surface area contributed by atoms with Gasteiger partial charge in [0.05, 0.1) is 0 Å². The SMILES string of the molecule is C=C[C@@H](c1ccccc1)[C@@H](O)C(=O)CC. The Morgan fingerprint density at radius 1 is 1.47 bits per heavy atom. The highest BCUT2D eigenvalue weighted by Crippen LogP contribution is 2.21. The van der Waals surface area contributed by atoms with Crippen LogP contribution in [0.4, 0.5) is 0 Å². The molecule has 2 heteroatoms. The smallest absolute Gasteiger partial charge is 0.161 e. The van der Waals surface area contributed by atoms with Gasteiger partial charge >= 0.3 is 0 Å². The zero-order valence-corrected chi connectivity index (χ0v) is 8.89. The second kappa shape index (κ2) is 5.47. The molecule has 0 aliphatic carbocycles. The van der Waals surface area contributed by atoms with E-state index in [1.807, 2.05) is 30.3 Å². The highest BCUT2D eigenvalue weighted by Gasteiger charge is 2.23. The largest absolute Gasteiger partial charge is 0.384 e. The van der Waals surface area contributed by atoms with Crippen LogP contribution >= 0.6 is 0 Å². The van der Waals surface area contributed by atoms with Gasteiger partial charge in [-0.25, -0.2) is 0 Å². The lowest BCUT2D eigenvalue weighted by Crippen LogP contribution is -2.26. The van der Waals surface area contributed by atoms with Crippen molar-refractivity contribution in [2.75, 3.05) is 0 Å². The van der Waals surface area contributed by atoms with Crippen LogP contribution in [0.5, 0.6) is 0 Å². The van der Waals surface area contributed by atoms with E-state index in [0.29, 0.717) is 6.42 Å². The Labute approximate surface area is 90.3 Å². The van der Waals surface area contributed by atoms with E-state index in [1.165, 1.54) is 0 Å². The molecule has 0 spiro atoms. The highest BCUT2D eigenvalue weighted by molar-refractivity contribution is 5.83. The van der Waals surface area contributed by atoms with Gasteiger partial charge in [-0.05, 0) is 5.56 Å². The van der Waals surface area contributed by atoms with E-state index in [4.69, 9.17) is 0 Å². The fourth-order valence-corrected chi connectivity index (χ4v) is 1.53. The van der Waals surface area contributed by atoms with Crippen molar-refractivity contribution >= 4 is 5.78 Å². The highest BCUT2D eigenvalue weighted by atomic mass is 16.3. The van der Waals surface area contributed by atoms with Crippen LogP contribution in [0, 0.1) is 0 Å². The third-order valence-electron chi connectivity index (χ3n) is 2.46. The number of carbonyl (C=O) groups excluding carboxylic acids is 1. The van der Waals surface area contributed by atoms with Gasteiger partial charge in [-0.1, -0.05) is 43.3 Å². The molecule has 0 amide bonds. The molecule has 15 heavy (non-hydrogen) atoms. The van der Waals surface area contributed by atoms with Crippen LogP contribution in [0.25, 0.3) is 0 Å². The molecule has 0 saturated carbocycles. The van der Waals surface area contributed by atoms with Crippen LogP contribution in [0.1, 0.15) is 24.8 Å². The van der Waals surface area contributed by atoms with Crippen molar-refractivity contribution in [2.24, 2.45) is 0 Å². The molecule has 0 heterocycles. The lowest BCUT2D eigenvalue weighted by molar-refractivity contribution is -0.127. The number of Topliss-reactive ketones (excluding diaryl/α,β-unsaturated/α-hetero) is 1. The monoisotopic (exact) mass is 204 g/mol. The summed E-state index contributed by atoms with van der Waals surface area (Å²) in [6.45, 7) is 5.41. The van der Waals surface area contributed by atoms with Gasteiger partial charge in [-0.2, -0.15) is 0 Å². The summed E-state index contributed by atoms with van der Waals surface area (Å²) in [6.07, 6.45) is 0.987. The van der Waals surface area contributed by atoms with E-state index in [2.05, 4.69) is 6.58 Å². The van der Waals surface area contributed by atoms with Crippen LogP contribution in [0.15, 0.2) is 43.0 Å². The summed E-state index contributed by atoms with van der Waals surface area (Å²) in [5, 5.41) is 9.81. The molecule has 1 rings (SSSR count). The zero-order chi connectivity index (χ0) is 11.3. The summed E-state index contributed by atoms with van der Waals surface area (Å²) in [7, 11) is 0. The second-order valence-corrected chi connectivity index (χ2v) is 3.44. The van der Waals surface area contributed by atoms with Gasteiger partial charge in [0, 0.05) is 12.3 Å². The maximum Gasteiger partial charge on any atom is 0.161 e. The standard InChI is InChI=1S/C13H16O2/c1-3-11(13(15)12(14)4-2)10-8-6-5-7-9-10/h3,5-9,11,13,15H,1,4H2,2H3/t11-,13+/m0/s1. The van der Waals surface area contributed by atoms with Crippen molar-refractivity contribution in [2.45, 2.75) is 25.4 Å². The molecular formula is C13H16O2. The summed E-state index contributed by atoms with van der Waals surface area (Å²) in [5.74, 6) is -0.456. The first kappa shape index (κ1) is 11.7. The third-order valence-corrected chi connectivity index (χ3v) is 2.46. The normalized spacial score (nSPS) is 14.3. The molecule has 0 aliphatic rings. The quantitative estimate of drug-likeness (QED) is 0.747. The molecular weight excluding hydrogens is 188 g/mol. The van der Waals surface area contributed by atoms with Crippen molar-refractivity contribution in [3.05, 3.63) is 48.6 Å². The molecule has 1 aromatic carbocycles. The number of ketones is 1. The number of hydrogen-bond acceptors (Lipinski definition) is 2. The van der Waals surface area contributed by atoms with Crippen molar-refractivity contribution in [3.63, 3.8) is 0 Å². The zero-order valence-electron chi connectivity index (χ0n) is 8.89. The van der Waals surface area contributed by atoms with E-state index in [0.717, 1.165) is 5.56 Å². The summed E-state index contributed by atoms with van der Waals surface area (Å²) in [5.41, 5.74) is 0.918. The molecule has 0 fully saturated rings. The number of aliphatic hydroxyl groups is 1. The third kappa shape index (κ3) is 2.77. The van der Waals surface area contributed by atoms with Gasteiger partial charge in [-0.3, -0.25) is 4.79 Å². The maximum atomic E-state index is 11.4. The molecule has 1 N–H and O–H groups in total. The average Bonchev–Trinajstić information content (AvgIpc) is 2.30. The molecule has 2 nitrogen and oxygen atoms in total. The van der Waals surface area contributed by atoms with Crippen molar-refractivity contribution in [1.82, 2.24) is 0 Å². The molecule has 1 aromatic rings. The summed E-state index contributed by atoms with van der Waals surface area (Å²) in [4.78, 5) is 11.4. The predicted molar refractivity (Wildman–Crippen MR) is 60.7 cm³/mol. The van der Waals surface area contributed by atoms with E-state index in [1.54, 1.807) is 13.0 Å². The fraction of sp³-hybridized carbons (Fsp3) is 0.308. The van der Waals surface area contributed by atoms with Crippen molar-refractivity contribution in [3.8, 4) is 0 Å². The Kier molecular flexibility index (Phi) is 4.25. The minimum atomic E-state index is -0.977. The first-order valence-electron chi connectivity index (χ1n) is 5.09. The van der Waals surface area contributed by atoms with Gasteiger partial charge in [-0.15, -0.1) is 6.58 Å². The topological polar surface area (TPSA) is 37.3 Å². The molecule has 0 unspecified atom stereocenters. The van der Waals surface area contributed by atoms with Crippen molar-refractivity contribution in [1.29, 1.82) is 0 Å². The van der Waals surface area contributed by atoms with Crippen LogP contribution in [0.2, 0.25) is 0 Å². The van der Waals surface area contributed by atoms with Gasteiger partial charge in [0.1, 0.15) is 6.10 Å². The lowest BCUT2D eigenvalue weighted by atomic mass is 9.90. The molecule has 0 aliphatic heterocycles. The van der Waals surface area contributed by atoms with Gasteiger partial charge in [0.2, 0.25) is 0 Å². The first-order chi connectivity index (χ1) is 7.20. The van der Waals surface area contributed by atoms with E-state index < -0.39 is 6.10 Å². The van der Waals surface area contributed by atoms with Crippen molar-refractivity contribution < 1.29 is 9.90 Å². The first-order valence-corrected chi connectivity index (χ1v) is 5.09. The fourth-order valence-electron chi connectivity index (χ4n) is 1.53. The lowest BCUT2D eigenvalue weighted by Gasteiger charge is -2.18. The van der Waals surface area contributed by atoms with Gasteiger partial charge < -0.3 is 5.11 Å². The summed E-state index contributed by atoms with van der Waals surface area (Å²) in [6, 6.07) is 9.44. The van der Waals surface area contributed by atoms with Crippen LogP contribution in [-0.4, -0.2) is 17.0 Å². The Morgan fingerprint density at radius 2 is 2.07 bits per heavy atom.